The van der Waals surface area contributed by atoms with Gasteiger partial charge in [-0.2, -0.15) is 0 Å². The summed E-state index contributed by atoms with van der Waals surface area (Å²) in [4.78, 5) is 16.9. The smallest absolute Gasteiger partial charge is 0.266 e. The van der Waals surface area contributed by atoms with E-state index in [-0.39, 0.29) is 11.9 Å². The van der Waals surface area contributed by atoms with E-state index < -0.39 is 6.10 Å². The van der Waals surface area contributed by atoms with Crippen molar-refractivity contribution in [3.8, 4) is 11.5 Å². The third kappa shape index (κ3) is 3.80. The molecule has 1 amide bonds. The number of nitrogens with zero attached hydrogens (tertiary/aromatic N) is 1. The third-order valence-corrected chi connectivity index (χ3v) is 5.34. The summed E-state index contributed by atoms with van der Waals surface area (Å²) in [5.74, 6) is 1.47. The molecule has 0 bridgehead atoms. The van der Waals surface area contributed by atoms with Crippen LogP contribution in [0.4, 0.5) is 0 Å². The lowest BCUT2D eigenvalue weighted by Gasteiger charge is -2.46. The first kappa shape index (κ1) is 17.8. The molecule has 25 heavy (non-hydrogen) atoms. The Labute approximate surface area is 152 Å². The fraction of sp³-hybridized carbons (Fsp3) is 0.421. The molecule has 3 rings (SSSR count). The van der Waals surface area contributed by atoms with Crippen LogP contribution in [0.3, 0.4) is 0 Å². The summed E-state index contributed by atoms with van der Waals surface area (Å²) in [7, 11) is 3.30. The van der Waals surface area contributed by atoms with Gasteiger partial charge in [0.2, 0.25) is 6.10 Å². The molecule has 0 aliphatic carbocycles. The van der Waals surface area contributed by atoms with Crippen molar-refractivity contribution in [3.05, 3.63) is 46.2 Å². The Morgan fingerprint density at radius 2 is 1.80 bits per heavy atom. The van der Waals surface area contributed by atoms with Crippen molar-refractivity contribution in [3.63, 3.8) is 0 Å². The predicted molar refractivity (Wildman–Crippen MR) is 97.4 cm³/mol. The second-order valence-electron chi connectivity index (χ2n) is 5.99. The molecule has 1 saturated heterocycles. The van der Waals surface area contributed by atoms with Crippen LogP contribution in [0.25, 0.3) is 0 Å². The van der Waals surface area contributed by atoms with E-state index in [1.165, 1.54) is 4.88 Å². The van der Waals surface area contributed by atoms with Crippen LogP contribution in [0.5, 0.6) is 11.5 Å². The van der Waals surface area contributed by atoms with Crippen LogP contribution in [-0.2, 0) is 9.53 Å². The van der Waals surface area contributed by atoms with Gasteiger partial charge in [0, 0.05) is 30.0 Å². The van der Waals surface area contributed by atoms with E-state index in [2.05, 4.69) is 19.1 Å². The molecular formula is C19H23NO4S. The highest BCUT2D eigenvalue weighted by molar-refractivity contribution is 7.12. The lowest BCUT2D eigenvalue weighted by atomic mass is 9.95. The lowest BCUT2D eigenvalue weighted by molar-refractivity contribution is -0.164. The number of amides is 1. The van der Waals surface area contributed by atoms with E-state index in [4.69, 9.17) is 14.2 Å². The molecular weight excluding hydrogens is 338 g/mol. The second kappa shape index (κ2) is 7.89. The molecule has 0 spiro atoms. The average molecular weight is 361 g/mol. The van der Waals surface area contributed by atoms with Crippen LogP contribution >= 0.6 is 11.3 Å². The van der Waals surface area contributed by atoms with Gasteiger partial charge in [-0.05, 0) is 49.7 Å². The Morgan fingerprint density at radius 3 is 2.40 bits per heavy atom. The summed E-state index contributed by atoms with van der Waals surface area (Å²) in [5, 5.41) is 0. The Balaban J connectivity index is 1.75. The highest BCUT2D eigenvalue weighted by Crippen LogP contribution is 2.40. The second-order valence-corrected chi connectivity index (χ2v) is 7.30. The quantitative estimate of drug-likeness (QED) is 0.534. The molecule has 1 aromatic heterocycles. The van der Waals surface area contributed by atoms with E-state index >= 15 is 0 Å². The Kier molecular flexibility index (Phi) is 5.60. The fourth-order valence-electron chi connectivity index (χ4n) is 2.98. The average Bonchev–Trinajstić information content (AvgIpc) is 3.05. The first-order valence-corrected chi connectivity index (χ1v) is 9.12. The molecule has 0 N–H and O–H groups in total. The van der Waals surface area contributed by atoms with Gasteiger partial charge in [0.25, 0.3) is 5.91 Å². The van der Waals surface area contributed by atoms with Crippen molar-refractivity contribution in [2.24, 2.45) is 0 Å². The molecule has 0 unspecified atom stereocenters. The van der Waals surface area contributed by atoms with Crippen molar-refractivity contribution in [2.75, 3.05) is 27.4 Å². The fourth-order valence-corrected chi connectivity index (χ4v) is 3.99. The largest absolute Gasteiger partial charge is 0.497 e. The molecule has 0 saturated carbocycles. The van der Waals surface area contributed by atoms with Crippen LogP contribution in [0, 0.1) is 6.92 Å². The number of benzene rings is 1. The summed E-state index contributed by atoms with van der Waals surface area (Å²) in [6.45, 7) is 3.39. The van der Waals surface area contributed by atoms with Gasteiger partial charge >= 0.3 is 0 Å². The van der Waals surface area contributed by atoms with Crippen molar-refractivity contribution in [1.82, 2.24) is 4.90 Å². The SMILES string of the molecule is COCCCN1C(=O)[C@@H](Oc2ccc(OC)cc2)[C@@H]1c1ccc(C)s1. The van der Waals surface area contributed by atoms with Crippen molar-refractivity contribution < 1.29 is 19.0 Å². The van der Waals surface area contributed by atoms with E-state index in [0.29, 0.717) is 18.9 Å². The first-order chi connectivity index (χ1) is 12.1. The van der Waals surface area contributed by atoms with Crippen LogP contribution in [-0.4, -0.2) is 44.3 Å². The summed E-state index contributed by atoms with van der Waals surface area (Å²) in [5.41, 5.74) is 0. The molecule has 1 fully saturated rings. The number of aryl methyl sites for hydroxylation is 1. The zero-order valence-electron chi connectivity index (χ0n) is 14.7. The van der Waals surface area contributed by atoms with Crippen molar-refractivity contribution in [1.29, 1.82) is 0 Å². The molecule has 134 valence electrons. The standard InChI is InChI=1S/C19H23NO4S/c1-13-5-10-16(25-13)17-18(19(21)20(17)11-4-12-22-2)24-15-8-6-14(23-3)7-9-15/h5-10,17-18H,4,11-12H2,1-3H3/t17-,18-/m0/s1. The summed E-state index contributed by atoms with van der Waals surface area (Å²) >= 11 is 1.71. The van der Waals surface area contributed by atoms with E-state index in [1.54, 1.807) is 25.6 Å². The molecule has 2 aromatic rings. The Morgan fingerprint density at radius 1 is 1.08 bits per heavy atom. The zero-order chi connectivity index (χ0) is 17.8. The van der Waals surface area contributed by atoms with Gasteiger partial charge in [-0.3, -0.25) is 4.79 Å². The highest BCUT2D eigenvalue weighted by Gasteiger charge is 2.50. The zero-order valence-corrected chi connectivity index (χ0v) is 15.5. The maximum absolute atomic E-state index is 12.6. The highest BCUT2D eigenvalue weighted by atomic mass is 32.1. The summed E-state index contributed by atoms with van der Waals surface area (Å²) < 4.78 is 16.3. The number of rotatable bonds is 8. The topological polar surface area (TPSA) is 48.0 Å². The number of carbonyl (C=O) groups is 1. The molecule has 2 heterocycles. The Hall–Kier alpha value is -2.05. The molecule has 1 aliphatic heterocycles. The molecule has 5 nitrogen and oxygen atoms in total. The van der Waals surface area contributed by atoms with Gasteiger partial charge in [-0.25, -0.2) is 0 Å². The van der Waals surface area contributed by atoms with Gasteiger partial charge in [-0.15, -0.1) is 11.3 Å². The van der Waals surface area contributed by atoms with Gasteiger partial charge in [0.1, 0.15) is 17.5 Å². The maximum atomic E-state index is 12.6. The number of hydrogen-bond donors (Lipinski definition) is 0. The third-order valence-electron chi connectivity index (χ3n) is 4.27. The molecule has 2 atom stereocenters. The molecule has 6 heteroatoms. The van der Waals surface area contributed by atoms with Gasteiger partial charge < -0.3 is 19.1 Å². The van der Waals surface area contributed by atoms with Crippen molar-refractivity contribution >= 4 is 17.2 Å². The molecule has 1 aliphatic rings. The van der Waals surface area contributed by atoms with Crippen LogP contribution in [0.1, 0.15) is 22.2 Å². The maximum Gasteiger partial charge on any atom is 0.266 e. The minimum atomic E-state index is -0.478. The van der Waals surface area contributed by atoms with E-state index in [0.717, 1.165) is 17.0 Å². The molecule has 0 radical (unpaired) electrons. The van der Waals surface area contributed by atoms with Gasteiger partial charge in [0.05, 0.1) is 7.11 Å². The minimum Gasteiger partial charge on any atom is -0.497 e. The Bertz CT molecular complexity index is 712. The number of hydrogen-bond acceptors (Lipinski definition) is 5. The number of thiophene rings is 1. The summed E-state index contributed by atoms with van der Waals surface area (Å²) in [6, 6.07) is 11.5. The monoisotopic (exact) mass is 361 g/mol. The lowest BCUT2D eigenvalue weighted by Crippen LogP contribution is -2.61. The number of methoxy groups -OCH3 is 2. The van der Waals surface area contributed by atoms with E-state index in [1.807, 2.05) is 29.2 Å². The summed E-state index contributed by atoms with van der Waals surface area (Å²) in [6.07, 6.45) is 0.340. The number of carbonyl (C=O) groups excluding carboxylic acids is 1. The normalized spacial score (nSPS) is 19.6. The number of likely N-dealkylation sites (tertiary alicyclic amines) is 1. The molecule has 1 aromatic carbocycles. The van der Waals surface area contributed by atoms with Crippen molar-refractivity contribution in [2.45, 2.75) is 25.5 Å². The first-order valence-electron chi connectivity index (χ1n) is 8.30. The van der Waals surface area contributed by atoms with Crippen LogP contribution in [0.15, 0.2) is 36.4 Å². The van der Waals surface area contributed by atoms with Gasteiger partial charge in [-0.1, -0.05) is 0 Å². The van der Waals surface area contributed by atoms with E-state index in [9.17, 15) is 4.79 Å². The number of ether oxygens (including phenoxy) is 3. The van der Waals surface area contributed by atoms with Gasteiger partial charge in [0.15, 0.2) is 0 Å². The predicted octanol–water partition coefficient (Wildman–Crippen LogP) is 3.43. The van der Waals surface area contributed by atoms with Crippen LogP contribution in [0.2, 0.25) is 0 Å². The minimum absolute atomic E-state index is 0.0305. The van der Waals surface area contributed by atoms with Crippen LogP contribution < -0.4 is 9.47 Å². The number of β-lactam (4-membered cyclic amide) rings is 1.